The lowest BCUT2D eigenvalue weighted by molar-refractivity contribution is 0.0912. The highest BCUT2D eigenvalue weighted by Gasteiger charge is 2.38. The minimum Gasteiger partial charge on any atom is -0.396 e. The predicted octanol–water partition coefficient (Wildman–Crippen LogP) is 1.09. The molecular weight excluding hydrogens is 266 g/mol. The summed E-state index contributed by atoms with van der Waals surface area (Å²) in [6.45, 7) is 3.43. The number of nitrogen functional groups attached to an aromatic ring is 1. The molecule has 116 valence electrons. The minimum absolute atomic E-state index is 0.147. The van der Waals surface area contributed by atoms with Crippen LogP contribution in [0.3, 0.4) is 0 Å². The Hall–Kier alpha value is -1.56. The minimum atomic E-state index is -0.147. The van der Waals surface area contributed by atoms with Gasteiger partial charge in [0.2, 0.25) is 0 Å². The number of fused-ring (bicyclic) bond motifs is 2. The molecule has 2 atom stereocenters. The van der Waals surface area contributed by atoms with Crippen LogP contribution in [0.1, 0.15) is 43.1 Å². The van der Waals surface area contributed by atoms with Crippen molar-refractivity contribution in [3.63, 3.8) is 0 Å². The van der Waals surface area contributed by atoms with Crippen LogP contribution in [0.15, 0.2) is 6.20 Å². The molecule has 1 amide bonds. The van der Waals surface area contributed by atoms with Gasteiger partial charge in [0.25, 0.3) is 5.91 Å². The van der Waals surface area contributed by atoms with Crippen LogP contribution < -0.4 is 11.1 Å². The summed E-state index contributed by atoms with van der Waals surface area (Å²) in [7, 11) is 2.23. The number of anilines is 1. The third-order valence-corrected chi connectivity index (χ3v) is 5.08. The standard InChI is InChI=1S/C15H25N5O/c1-3-20-9-13(16)14(18-20)15(21)17-8-10-6-11-4-5-12(7-10)19(11)2/h9-12H,3-8,16H2,1-2H3,(H,17,21). The maximum Gasteiger partial charge on any atom is 0.273 e. The third kappa shape index (κ3) is 2.77. The van der Waals surface area contributed by atoms with Crippen LogP contribution in [0, 0.1) is 5.92 Å². The normalized spacial score (nSPS) is 28.8. The fourth-order valence-corrected chi connectivity index (χ4v) is 3.79. The molecule has 2 fully saturated rings. The lowest BCUT2D eigenvalue weighted by atomic mass is 9.91. The van der Waals surface area contributed by atoms with E-state index in [1.165, 1.54) is 25.7 Å². The zero-order chi connectivity index (χ0) is 15.0. The van der Waals surface area contributed by atoms with Gasteiger partial charge in [-0.15, -0.1) is 0 Å². The maximum absolute atomic E-state index is 12.2. The monoisotopic (exact) mass is 291 g/mol. The fraction of sp³-hybridized carbons (Fsp3) is 0.733. The highest BCUT2D eigenvalue weighted by atomic mass is 16.2. The first kappa shape index (κ1) is 14.4. The van der Waals surface area contributed by atoms with E-state index in [0.29, 0.717) is 29.4 Å². The topological polar surface area (TPSA) is 76.2 Å². The van der Waals surface area contributed by atoms with Crippen LogP contribution in [0.2, 0.25) is 0 Å². The molecule has 0 saturated carbocycles. The van der Waals surface area contributed by atoms with Crippen molar-refractivity contribution < 1.29 is 4.79 Å². The van der Waals surface area contributed by atoms with Gasteiger partial charge in [0.1, 0.15) is 0 Å². The Labute approximate surface area is 125 Å². The number of nitrogens with zero attached hydrogens (tertiary/aromatic N) is 3. The van der Waals surface area contributed by atoms with Gasteiger partial charge in [-0.25, -0.2) is 0 Å². The van der Waals surface area contributed by atoms with Crippen LogP contribution >= 0.6 is 0 Å². The van der Waals surface area contributed by atoms with Crippen LogP contribution in [-0.4, -0.2) is 46.3 Å². The summed E-state index contributed by atoms with van der Waals surface area (Å²) in [5, 5.41) is 7.23. The summed E-state index contributed by atoms with van der Waals surface area (Å²) < 4.78 is 1.69. The van der Waals surface area contributed by atoms with Crippen molar-refractivity contribution in [1.82, 2.24) is 20.0 Å². The first-order valence-corrected chi connectivity index (χ1v) is 7.91. The third-order valence-electron chi connectivity index (χ3n) is 5.08. The van der Waals surface area contributed by atoms with Crippen molar-refractivity contribution in [1.29, 1.82) is 0 Å². The molecule has 6 nitrogen and oxygen atoms in total. The molecule has 1 aromatic rings. The van der Waals surface area contributed by atoms with Gasteiger partial charge < -0.3 is 16.0 Å². The summed E-state index contributed by atoms with van der Waals surface area (Å²) >= 11 is 0. The Balaban J connectivity index is 1.55. The van der Waals surface area contributed by atoms with Crippen molar-refractivity contribution in [2.75, 3.05) is 19.3 Å². The Morgan fingerprint density at radius 2 is 2.10 bits per heavy atom. The van der Waals surface area contributed by atoms with Crippen molar-refractivity contribution in [2.24, 2.45) is 5.92 Å². The molecule has 2 aliphatic rings. The Morgan fingerprint density at radius 3 is 2.67 bits per heavy atom. The zero-order valence-corrected chi connectivity index (χ0v) is 12.9. The maximum atomic E-state index is 12.2. The van der Waals surface area contributed by atoms with E-state index in [0.717, 1.165) is 13.1 Å². The van der Waals surface area contributed by atoms with E-state index in [2.05, 4.69) is 22.4 Å². The summed E-state index contributed by atoms with van der Waals surface area (Å²) in [5.41, 5.74) is 6.66. The van der Waals surface area contributed by atoms with E-state index in [9.17, 15) is 4.79 Å². The number of carbonyl (C=O) groups is 1. The number of nitrogens with one attached hydrogen (secondary N) is 1. The number of hydrogen-bond acceptors (Lipinski definition) is 4. The Morgan fingerprint density at radius 1 is 1.43 bits per heavy atom. The lowest BCUT2D eigenvalue weighted by Gasteiger charge is -2.36. The van der Waals surface area contributed by atoms with Gasteiger partial charge in [0.05, 0.1) is 5.69 Å². The summed E-state index contributed by atoms with van der Waals surface area (Å²) in [4.78, 5) is 14.7. The summed E-state index contributed by atoms with van der Waals surface area (Å²) in [6, 6.07) is 1.41. The summed E-state index contributed by atoms with van der Waals surface area (Å²) in [6.07, 6.45) is 6.70. The van der Waals surface area contributed by atoms with E-state index in [4.69, 9.17) is 5.73 Å². The summed E-state index contributed by atoms with van der Waals surface area (Å²) in [5.74, 6) is 0.433. The molecule has 3 N–H and O–H groups in total. The molecule has 2 bridgehead atoms. The number of hydrogen-bond donors (Lipinski definition) is 2. The molecule has 0 radical (unpaired) electrons. The van der Waals surface area contributed by atoms with Crippen LogP contribution in [-0.2, 0) is 6.54 Å². The van der Waals surface area contributed by atoms with Crippen LogP contribution in [0.4, 0.5) is 5.69 Å². The largest absolute Gasteiger partial charge is 0.396 e. The molecule has 1 aromatic heterocycles. The van der Waals surface area contributed by atoms with E-state index >= 15 is 0 Å². The number of aromatic nitrogens is 2. The second kappa shape index (κ2) is 5.67. The molecule has 0 aromatic carbocycles. The smallest absolute Gasteiger partial charge is 0.273 e. The van der Waals surface area contributed by atoms with Crippen molar-refractivity contribution >= 4 is 11.6 Å². The van der Waals surface area contributed by atoms with Crippen molar-refractivity contribution in [2.45, 2.75) is 51.2 Å². The second-order valence-electron chi connectivity index (χ2n) is 6.39. The zero-order valence-electron chi connectivity index (χ0n) is 12.9. The molecule has 3 heterocycles. The fourth-order valence-electron chi connectivity index (χ4n) is 3.79. The molecule has 2 unspecified atom stereocenters. The first-order valence-electron chi connectivity index (χ1n) is 7.91. The molecule has 3 rings (SSSR count). The molecule has 2 saturated heterocycles. The van der Waals surface area contributed by atoms with Crippen LogP contribution in [0.25, 0.3) is 0 Å². The van der Waals surface area contributed by atoms with Gasteiger partial charge >= 0.3 is 0 Å². The van der Waals surface area contributed by atoms with Gasteiger partial charge in [-0.1, -0.05) is 0 Å². The Bertz CT molecular complexity index is 512. The SMILES string of the molecule is CCn1cc(N)c(C(=O)NCC2CC3CCC(C2)N3C)n1. The number of rotatable bonds is 4. The number of nitrogens with two attached hydrogens (primary N) is 1. The van der Waals surface area contributed by atoms with Gasteiger partial charge in [-0.05, 0) is 45.6 Å². The van der Waals surface area contributed by atoms with Gasteiger partial charge in [0, 0.05) is 31.4 Å². The van der Waals surface area contributed by atoms with Gasteiger partial charge in [-0.3, -0.25) is 9.48 Å². The van der Waals surface area contributed by atoms with Gasteiger partial charge in [0.15, 0.2) is 5.69 Å². The quantitative estimate of drug-likeness (QED) is 0.870. The van der Waals surface area contributed by atoms with Gasteiger partial charge in [-0.2, -0.15) is 5.10 Å². The highest BCUT2D eigenvalue weighted by Crippen LogP contribution is 2.37. The average molecular weight is 291 g/mol. The number of amides is 1. The molecule has 0 spiro atoms. The van der Waals surface area contributed by atoms with E-state index < -0.39 is 0 Å². The highest BCUT2D eigenvalue weighted by molar-refractivity contribution is 5.96. The van der Waals surface area contributed by atoms with E-state index in [1.54, 1.807) is 10.9 Å². The first-order chi connectivity index (χ1) is 10.1. The number of piperidine rings is 1. The lowest BCUT2D eigenvalue weighted by Crippen LogP contribution is -2.43. The molecular formula is C15H25N5O. The van der Waals surface area contributed by atoms with E-state index in [1.807, 2.05) is 6.92 Å². The van der Waals surface area contributed by atoms with E-state index in [-0.39, 0.29) is 5.91 Å². The van der Waals surface area contributed by atoms with Crippen molar-refractivity contribution in [3.05, 3.63) is 11.9 Å². The Kier molecular flexibility index (Phi) is 3.89. The molecule has 2 aliphatic heterocycles. The predicted molar refractivity (Wildman–Crippen MR) is 81.9 cm³/mol. The van der Waals surface area contributed by atoms with Crippen molar-refractivity contribution in [3.8, 4) is 0 Å². The van der Waals surface area contributed by atoms with Crippen LogP contribution in [0.5, 0.6) is 0 Å². The molecule has 6 heteroatoms. The molecule has 0 aliphatic carbocycles. The number of carbonyl (C=O) groups excluding carboxylic acids is 1. The number of aryl methyl sites for hydroxylation is 1. The average Bonchev–Trinajstić information content (AvgIpc) is 2.92. The second-order valence-corrected chi connectivity index (χ2v) is 6.39. The molecule has 21 heavy (non-hydrogen) atoms.